The molecule has 1 aromatic rings. The first-order valence-corrected chi connectivity index (χ1v) is 10.2. The fourth-order valence-corrected chi connectivity index (χ4v) is 5.36. The van der Waals surface area contributed by atoms with Crippen molar-refractivity contribution < 1.29 is 9.90 Å². The summed E-state index contributed by atoms with van der Waals surface area (Å²) in [5.74, 6) is 1.45. The van der Waals surface area contributed by atoms with Crippen LogP contribution in [0.5, 0.6) is 0 Å². The standard InChI is InChI=1S/C20H29NO2S/c1-21-13-12-16(14-21)15-24-19(22)20(23,17-8-4-2-5-9-17)18-10-6-3-7-11-18/h2,4-5,8-9,16,18,23H,3,6-7,10-15H2,1H3/t16-,20-/m1/s1. The molecule has 1 aliphatic heterocycles. The van der Waals surface area contributed by atoms with Gasteiger partial charge in [0.05, 0.1) is 0 Å². The van der Waals surface area contributed by atoms with Crippen molar-refractivity contribution in [1.82, 2.24) is 4.90 Å². The van der Waals surface area contributed by atoms with E-state index in [2.05, 4.69) is 11.9 Å². The summed E-state index contributed by atoms with van der Waals surface area (Å²) in [6.07, 6.45) is 6.51. The summed E-state index contributed by atoms with van der Waals surface area (Å²) in [7, 11) is 2.13. The molecule has 2 fully saturated rings. The average molecular weight is 348 g/mol. The van der Waals surface area contributed by atoms with Crippen molar-refractivity contribution in [3.8, 4) is 0 Å². The van der Waals surface area contributed by atoms with Gasteiger partial charge in [-0.3, -0.25) is 4.79 Å². The average Bonchev–Trinajstić information content (AvgIpc) is 3.05. The number of carbonyl (C=O) groups is 1. The number of carbonyl (C=O) groups excluding carboxylic acids is 1. The minimum Gasteiger partial charge on any atom is -0.376 e. The van der Waals surface area contributed by atoms with Crippen LogP contribution in [-0.2, 0) is 10.4 Å². The first-order chi connectivity index (χ1) is 11.6. The quantitative estimate of drug-likeness (QED) is 0.882. The molecule has 1 N–H and O–H groups in total. The lowest BCUT2D eigenvalue weighted by Crippen LogP contribution is -2.43. The predicted molar refractivity (Wildman–Crippen MR) is 100.0 cm³/mol. The van der Waals surface area contributed by atoms with E-state index in [9.17, 15) is 9.90 Å². The van der Waals surface area contributed by atoms with Gasteiger partial charge in [-0.2, -0.15) is 0 Å². The van der Waals surface area contributed by atoms with E-state index in [1.54, 1.807) is 0 Å². The summed E-state index contributed by atoms with van der Waals surface area (Å²) in [4.78, 5) is 15.4. The summed E-state index contributed by atoms with van der Waals surface area (Å²) in [5.41, 5.74) is -0.547. The van der Waals surface area contributed by atoms with Gasteiger partial charge in [0, 0.05) is 12.3 Å². The lowest BCUT2D eigenvalue weighted by atomic mass is 9.74. The van der Waals surface area contributed by atoms with Gasteiger partial charge in [-0.05, 0) is 50.3 Å². The van der Waals surface area contributed by atoms with Gasteiger partial charge >= 0.3 is 0 Å². The molecule has 2 atom stereocenters. The van der Waals surface area contributed by atoms with Crippen LogP contribution in [0.4, 0.5) is 0 Å². The maximum absolute atomic E-state index is 13.1. The molecule has 1 saturated carbocycles. The number of hydrogen-bond donors (Lipinski definition) is 1. The lowest BCUT2D eigenvalue weighted by molar-refractivity contribution is -0.136. The minimum absolute atomic E-state index is 0.0462. The molecule has 3 nitrogen and oxygen atoms in total. The number of benzene rings is 1. The second-order valence-corrected chi connectivity index (χ2v) is 8.48. The van der Waals surface area contributed by atoms with E-state index in [-0.39, 0.29) is 11.0 Å². The van der Waals surface area contributed by atoms with Crippen LogP contribution >= 0.6 is 11.8 Å². The summed E-state index contributed by atoms with van der Waals surface area (Å²) < 4.78 is 0. The molecule has 4 heteroatoms. The molecule has 0 spiro atoms. The number of likely N-dealkylation sites (tertiary alicyclic amines) is 1. The molecule has 1 aliphatic carbocycles. The first kappa shape index (κ1) is 18.0. The minimum atomic E-state index is -1.32. The van der Waals surface area contributed by atoms with Gasteiger partial charge in [-0.25, -0.2) is 0 Å². The Kier molecular flexibility index (Phi) is 6.01. The Balaban J connectivity index is 1.74. The van der Waals surface area contributed by atoms with Gasteiger partial charge in [0.2, 0.25) is 5.12 Å². The van der Waals surface area contributed by atoms with E-state index in [4.69, 9.17) is 0 Å². The molecular weight excluding hydrogens is 318 g/mol. The summed E-state index contributed by atoms with van der Waals surface area (Å²) in [5, 5.41) is 11.5. The highest BCUT2D eigenvalue weighted by Crippen LogP contribution is 2.42. The Morgan fingerprint density at radius 1 is 1.21 bits per heavy atom. The van der Waals surface area contributed by atoms with Crippen molar-refractivity contribution in [2.75, 3.05) is 25.9 Å². The van der Waals surface area contributed by atoms with Crippen LogP contribution < -0.4 is 0 Å². The van der Waals surface area contributed by atoms with Crippen LogP contribution in [0.3, 0.4) is 0 Å². The molecule has 24 heavy (non-hydrogen) atoms. The van der Waals surface area contributed by atoms with Crippen molar-refractivity contribution in [2.24, 2.45) is 11.8 Å². The number of rotatable bonds is 5. The Morgan fingerprint density at radius 2 is 1.92 bits per heavy atom. The van der Waals surface area contributed by atoms with Crippen molar-refractivity contribution in [3.63, 3.8) is 0 Å². The fourth-order valence-electron chi connectivity index (χ4n) is 4.20. The van der Waals surface area contributed by atoms with E-state index in [0.29, 0.717) is 5.92 Å². The number of hydrogen-bond acceptors (Lipinski definition) is 4. The highest BCUT2D eigenvalue weighted by molar-refractivity contribution is 8.13. The monoisotopic (exact) mass is 347 g/mol. The second-order valence-electron chi connectivity index (χ2n) is 7.48. The van der Waals surface area contributed by atoms with Crippen molar-refractivity contribution >= 4 is 16.9 Å². The smallest absolute Gasteiger partial charge is 0.225 e. The van der Waals surface area contributed by atoms with Crippen molar-refractivity contribution in [1.29, 1.82) is 0 Å². The lowest BCUT2D eigenvalue weighted by Gasteiger charge is -2.37. The van der Waals surface area contributed by atoms with Gasteiger partial charge in [-0.15, -0.1) is 0 Å². The zero-order valence-electron chi connectivity index (χ0n) is 14.6. The van der Waals surface area contributed by atoms with Gasteiger partial charge in [-0.1, -0.05) is 61.4 Å². The second kappa shape index (κ2) is 8.03. The molecule has 132 valence electrons. The maximum atomic E-state index is 13.1. The van der Waals surface area contributed by atoms with Crippen molar-refractivity contribution in [3.05, 3.63) is 35.9 Å². The Hall–Kier alpha value is -0.840. The first-order valence-electron chi connectivity index (χ1n) is 9.24. The van der Waals surface area contributed by atoms with Crippen molar-refractivity contribution in [2.45, 2.75) is 44.1 Å². The third-order valence-electron chi connectivity index (χ3n) is 5.66. The Bertz CT molecular complexity index is 544. The van der Waals surface area contributed by atoms with E-state index in [1.807, 2.05) is 30.3 Å². The molecule has 1 saturated heterocycles. The normalized spacial score (nSPS) is 25.5. The molecule has 0 unspecified atom stereocenters. The van der Waals surface area contributed by atoms with E-state index in [1.165, 1.54) is 18.2 Å². The van der Waals surface area contributed by atoms with Gasteiger partial charge < -0.3 is 10.0 Å². The molecule has 1 heterocycles. The van der Waals surface area contributed by atoms with Gasteiger partial charge in [0.25, 0.3) is 0 Å². The molecule has 1 aromatic carbocycles. The van der Waals surface area contributed by atoms with Gasteiger partial charge in [0.1, 0.15) is 0 Å². The van der Waals surface area contributed by atoms with Crippen LogP contribution in [0.25, 0.3) is 0 Å². The number of nitrogens with zero attached hydrogens (tertiary/aromatic N) is 1. The molecule has 0 radical (unpaired) electrons. The van der Waals surface area contributed by atoms with E-state index < -0.39 is 5.60 Å². The maximum Gasteiger partial charge on any atom is 0.225 e. The molecule has 0 bridgehead atoms. The molecule has 0 aromatic heterocycles. The number of aliphatic hydroxyl groups is 1. The predicted octanol–water partition coefficient (Wildman–Crippen LogP) is 3.67. The Morgan fingerprint density at radius 3 is 2.54 bits per heavy atom. The zero-order valence-corrected chi connectivity index (χ0v) is 15.4. The molecular formula is C20H29NO2S. The van der Waals surface area contributed by atoms with Crippen LogP contribution in [0.2, 0.25) is 0 Å². The Labute approximate surface area is 149 Å². The topological polar surface area (TPSA) is 40.5 Å². The van der Waals surface area contributed by atoms with Crippen LogP contribution in [0, 0.1) is 11.8 Å². The summed E-state index contributed by atoms with van der Waals surface area (Å²) >= 11 is 1.36. The third kappa shape index (κ3) is 3.87. The SMILES string of the molecule is CN1CC[C@@H](CSC(=O)[C@@](O)(c2ccccc2)C2CCCCC2)C1. The molecule has 0 amide bonds. The summed E-state index contributed by atoms with van der Waals surface area (Å²) in [6, 6.07) is 9.61. The zero-order chi connectivity index (χ0) is 17.0. The fraction of sp³-hybridized carbons (Fsp3) is 0.650. The van der Waals surface area contributed by atoms with Gasteiger partial charge in [0.15, 0.2) is 5.60 Å². The van der Waals surface area contributed by atoms with Crippen LogP contribution in [-0.4, -0.2) is 41.0 Å². The van der Waals surface area contributed by atoms with E-state index >= 15 is 0 Å². The number of thioether (sulfide) groups is 1. The summed E-state index contributed by atoms with van der Waals surface area (Å²) in [6.45, 7) is 2.18. The molecule has 3 rings (SSSR count). The third-order valence-corrected chi connectivity index (χ3v) is 6.87. The van der Waals surface area contributed by atoms with Crippen LogP contribution in [0.1, 0.15) is 44.1 Å². The molecule has 2 aliphatic rings. The largest absolute Gasteiger partial charge is 0.376 e. The van der Waals surface area contributed by atoms with Crippen LogP contribution in [0.15, 0.2) is 30.3 Å². The highest BCUT2D eigenvalue weighted by Gasteiger charge is 2.45. The van der Waals surface area contributed by atoms with E-state index in [0.717, 1.165) is 56.5 Å². The highest BCUT2D eigenvalue weighted by atomic mass is 32.2.